The number of carbonyl (C=O) groups excluding carboxylic acids is 2. The van der Waals surface area contributed by atoms with Crippen LogP contribution in [0.4, 0.5) is 5.69 Å². The molecule has 1 amide bonds. The summed E-state index contributed by atoms with van der Waals surface area (Å²) in [6, 6.07) is 10.1. The number of benzene rings is 1. The quantitative estimate of drug-likeness (QED) is 0.846. The van der Waals surface area contributed by atoms with Crippen LogP contribution in [-0.4, -0.2) is 36.0 Å². The van der Waals surface area contributed by atoms with Gasteiger partial charge in [0.1, 0.15) is 6.10 Å². The molecule has 0 saturated carbocycles. The molecule has 1 saturated heterocycles. The Kier molecular flexibility index (Phi) is 5.40. The molecule has 1 N–H and O–H groups in total. The number of hydrogen-bond donors (Lipinski definition) is 1. The second-order valence-electron chi connectivity index (χ2n) is 5.90. The molecule has 0 bridgehead atoms. The lowest BCUT2D eigenvalue weighted by Gasteiger charge is -2.22. The van der Waals surface area contributed by atoms with Crippen LogP contribution in [0.1, 0.15) is 40.5 Å². The number of amides is 1. The Morgan fingerprint density at radius 2 is 1.76 bits per heavy atom. The monoisotopic (exact) mass is 340 g/mol. The van der Waals surface area contributed by atoms with E-state index in [0.29, 0.717) is 35.9 Å². The normalized spacial score (nSPS) is 14.8. The number of rotatable bonds is 5. The van der Waals surface area contributed by atoms with Crippen LogP contribution >= 0.6 is 0 Å². The number of Topliss-reactive ketones (excluding diaryl/α,β-unsaturated/α-hetero) is 1. The SMILES string of the molecule is CC(=O)c1ccc(NC(=O)c2ccc(OC3CCOCC3)nc2)cc1. The molecule has 1 aliphatic heterocycles. The molecule has 6 nitrogen and oxygen atoms in total. The Labute approximate surface area is 146 Å². The second-order valence-corrected chi connectivity index (χ2v) is 5.90. The lowest BCUT2D eigenvalue weighted by molar-refractivity contribution is 0.0237. The maximum Gasteiger partial charge on any atom is 0.257 e. The number of carbonyl (C=O) groups is 2. The maximum atomic E-state index is 12.3. The summed E-state index contributed by atoms with van der Waals surface area (Å²) in [6.07, 6.45) is 3.30. The first-order valence-electron chi connectivity index (χ1n) is 8.24. The van der Waals surface area contributed by atoms with Gasteiger partial charge in [0.15, 0.2) is 5.78 Å². The van der Waals surface area contributed by atoms with Crippen LogP contribution in [0.5, 0.6) is 5.88 Å². The average Bonchev–Trinajstić information content (AvgIpc) is 2.63. The molecule has 1 aliphatic rings. The van der Waals surface area contributed by atoms with Gasteiger partial charge in [-0.15, -0.1) is 0 Å². The Bertz CT molecular complexity index is 735. The standard InChI is InChI=1S/C19H20N2O4/c1-13(22)14-2-5-16(6-3-14)21-19(23)15-4-7-18(20-12-15)25-17-8-10-24-11-9-17/h2-7,12,17H,8-11H2,1H3,(H,21,23). The van der Waals surface area contributed by atoms with E-state index in [1.807, 2.05) is 0 Å². The van der Waals surface area contributed by atoms with Crippen molar-refractivity contribution in [3.8, 4) is 5.88 Å². The van der Waals surface area contributed by atoms with Gasteiger partial charge in [-0.05, 0) is 37.3 Å². The Balaban J connectivity index is 1.59. The molecule has 2 aromatic rings. The molecule has 1 aromatic carbocycles. The van der Waals surface area contributed by atoms with Crippen LogP contribution in [0.3, 0.4) is 0 Å². The fourth-order valence-corrected chi connectivity index (χ4v) is 2.54. The highest BCUT2D eigenvalue weighted by molar-refractivity contribution is 6.04. The van der Waals surface area contributed by atoms with Crippen molar-refractivity contribution in [1.82, 2.24) is 4.98 Å². The van der Waals surface area contributed by atoms with Crippen molar-refractivity contribution in [2.45, 2.75) is 25.9 Å². The predicted molar refractivity (Wildman–Crippen MR) is 93.1 cm³/mol. The zero-order valence-electron chi connectivity index (χ0n) is 14.0. The van der Waals surface area contributed by atoms with Crippen LogP contribution in [0, 0.1) is 0 Å². The minimum atomic E-state index is -0.263. The first-order chi connectivity index (χ1) is 12.1. The van der Waals surface area contributed by atoms with E-state index >= 15 is 0 Å². The van der Waals surface area contributed by atoms with Gasteiger partial charge >= 0.3 is 0 Å². The van der Waals surface area contributed by atoms with E-state index in [1.165, 1.54) is 13.1 Å². The number of hydrogen-bond acceptors (Lipinski definition) is 5. The smallest absolute Gasteiger partial charge is 0.257 e. The molecule has 1 fully saturated rings. The molecular weight excluding hydrogens is 320 g/mol. The van der Waals surface area contributed by atoms with E-state index in [9.17, 15) is 9.59 Å². The molecule has 0 unspecified atom stereocenters. The van der Waals surface area contributed by atoms with E-state index in [0.717, 1.165) is 12.8 Å². The summed E-state index contributed by atoms with van der Waals surface area (Å²) >= 11 is 0. The summed E-state index contributed by atoms with van der Waals surface area (Å²) in [5.74, 6) is 0.233. The van der Waals surface area contributed by atoms with Gasteiger partial charge in [0.25, 0.3) is 5.91 Å². The van der Waals surface area contributed by atoms with Crippen molar-refractivity contribution >= 4 is 17.4 Å². The lowest BCUT2D eigenvalue weighted by Crippen LogP contribution is -2.26. The summed E-state index contributed by atoms with van der Waals surface area (Å²) < 4.78 is 11.1. The van der Waals surface area contributed by atoms with Gasteiger partial charge in [-0.2, -0.15) is 0 Å². The molecule has 1 aromatic heterocycles. The minimum Gasteiger partial charge on any atom is -0.474 e. The average molecular weight is 340 g/mol. The van der Waals surface area contributed by atoms with Gasteiger partial charge in [-0.1, -0.05) is 0 Å². The number of ketones is 1. The third-order valence-corrected chi connectivity index (χ3v) is 4.00. The Morgan fingerprint density at radius 3 is 2.36 bits per heavy atom. The van der Waals surface area contributed by atoms with Crippen LogP contribution in [0.15, 0.2) is 42.6 Å². The van der Waals surface area contributed by atoms with Crippen molar-refractivity contribution < 1.29 is 19.1 Å². The van der Waals surface area contributed by atoms with Gasteiger partial charge < -0.3 is 14.8 Å². The van der Waals surface area contributed by atoms with Crippen molar-refractivity contribution in [2.24, 2.45) is 0 Å². The highest BCUT2D eigenvalue weighted by Gasteiger charge is 2.16. The van der Waals surface area contributed by atoms with Crippen LogP contribution in [-0.2, 0) is 4.74 Å². The number of nitrogens with zero attached hydrogens (tertiary/aromatic N) is 1. The summed E-state index contributed by atoms with van der Waals surface area (Å²) in [6.45, 7) is 2.91. The van der Waals surface area contributed by atoms with Crippen molar-refractivity contribution in [2.75, 3.05) is 18.5 Å². The van der Waals surface area contributed by atoms with Gasteiger partial charge in [-0.3, -0.25) is 9.59 Å². The summed E-state index contributed by atoms with van der Waals surface area (Å²) in [5.41, 5.74) is 1.67. The van der Waals surface area contributed by atoms with Crippen molar-refractivity contribution in [3.05, 3.63) is 53.7 Å². The minimum absolute atomic E-state index is 0.0119. The first-order valence-corrected chi connectivity index (χ1v) is 8.24. The van der Waals surface area contributed by atoms with Gasteiger partial charge in [0.2, 0.25) is 5.88 Å². The van der Waals surface area contributed by atoms with Gasteiger partial charge in [-0.25, -0.2) is 4.98 Å². The molecular formula is C19H20N2O4. The highest BCUT2D eigenvalue weighted by Crippen LogP contribution is 2.17. The molecule has 25 heavy (non-hydrogen) atoms. The second kappa shape index (κ2) is 7.90. The van der Waals surface area contributed by atoms with Crippen LogP contribution < -0.4 is 10.1 Å². The van der Waals surface area contributed by atoms with Gasteiger partial charge in [0.05, 0.1) is 18.8 Å². The zero-order chi connectivity index (χ0) is 17.6. The molecule has 0 spiro atoms. The fraction of sp³-hybridized carbons (Fsp3) is 0.316. The summed E-state index contributed by atoms with van der Waals surface area (Å²) in [4.78, 5) is 27.7. The molecule has 0 atom stereocenters. The Morgan fingerprint density at radius 1 is 1.08 bits per heavy atom. The van der Waals surface area contributed by atoms with E-state index in [4.69, 9.17) is 9.47 Å². The summed E-state index contributed by atoms with van der Waals surface area (Å²) in [5, 5.41) is 2.78. The molecule has 0 radical (unpaired) electrons. The third kappa shape index (κ3) is 4.64. The molecule has 3 rings (SSSR count). The summed E-state index contributed by atoms with van der Waals surface area (Å²) in [7, 11) is 0. The third-order valence-electron chi connectivity index (χ3n) is 4.00. The number of ether oxygens (including phenoxy) is 2. The maximum absolute atomic E-state index is 12.3. The lowest BCUT2D eigenvalue weighted by atomic mass is 10.1. The van der Waals surface area contributed by atoms with Gasteiger partial charge in [0, 0.05) is 36.4 Å². The largest absolute Gasteiger partial charge is 0.474 e. The van der Waals surface area contributed by atoms with Crippen LogP contribution in [0.25, 0.3) is 0 Å². The Hall–Kier alpha value is -2.73. The van der Waals surface area contributed by atoms with Crippen molar-refractivity contribution in [3.63, 3.8) is 0 Å². The van der Waals surface area contributed by atoms with E-state index < -0.39 is 0 Å². The number of pyridine rings is 1. The van der Waals surface area contributed by atoms with E-state index in [2.05, 4.69) is 10.3 Å². The topological polar surface area (TPSA) is 77.5 Å². The number of nitrogens with one attached hydrogen (secondary N) is 1. The number of anilines is 1. The first kappa shape index (κ1) is 17.1. The van der Waals surface area contributed by atoms with Crippen molar-refractivity contribution in [1.29, 1.82) is 0 Å². The number of aromatic nitrogens is 1. The fourth-order valence-electron chi connectivity index (χ4n) is 2.54. The molecule has 130 valence electrons. The molecule has 2 heterocycles. The molecule has 0 aliphatic carbocycles. The van der Waals surface area contributed by atoms with Crippen LogP contribution in [0.2, 0.25) is 0 Å². The van der Waals surface area contributed by atoms with E-state index in [1.54, 1.807) is 36.4 Å². The zero-order valence-corrected chi connectivity index (χ0v) is 14.0. The predicted octanol–water partition coefficient (Wildman–Crippen LogP) is 3.09. The van der Waals surface area contributed by atoms with E-state index in [-0.39, 0.29) is 17.8 Å². The highest BCUT2D eigenvalue weighted by atomic mass is 16.5. The molecule has 6 heteroatoms.